The summed E-state index contributed by atoms with van der Waals surface area (Å²) in [6.45, 7) is 8.41. The van der Waals surface area contributed by atoms with Crippen molar-refractivity contribution in [2.75, 3.05) is 6.54 Å². The fourth-order valence-electron chi connectivity index (χ4n) is 3.56. The van der Waals surface area contributed by atoms with Crippen LogP contribution in [0.5, 0.6) is 0 Å². The molecule has 0 unspecified atom stereocenters. The van der Waals surface area contributed by atoms with Crippen molar-refractivity contribution in [2.45, 2.75) is 78.2 Å². The number of rotatable bonds is 4. The van der Waals surface area contributed by atoms with Gasteiger partial charge in [-0.25, -0.2) is 0 Å². The van der Waals surface area contributed by atoms with Crippen LogP contribution < -0.4 is 5.32 Å². The van der Waals surface area contributed by atoms with E-state index in [0.717, 1.165) is 12.0 Å². The van der Waals surface area contributed by atoms with Crippen molar-refractivity contribution in [1.82, 2.24) is 5.32 Å². The smallest absolute Gasteiger partial charge is 0.00674 e. The summed E-state index contributed by atoms with van der Waals surface area (Å²) in [5.74, 6) is 0.938. The van der Waals surface area contributed by atoms with Gasteiger partial charge in [-0.3, -0.25) is 0 Å². The van der Waals surface area contributed by atoms with Gasteiger partial charge in [-0.2, -0.15) is 0 Å². The van der Waals surface area contributed by atoms with Crippen LogP contribution in [0.4, 0.5) is 0 Å². The van der Waals surface area contributed by atoms with E-state index in [0.29, 0.717) is 5.41 Å². The number of allylic oxidation sites excluding steroid dienone is 1. The Morgan fingerprint density at radius 1 is 1.17 bits per heavy atom. The summed E-state index contributed by atoms with van der Waals surface area (Å²) in [6, 6.07) is 0.797. The quantitative estimate of drug-likeness (QED) is 0.713. The largest absolute Gasteiger partial charge is 0.314 e. The van der Waals surface area contributed by atoms with Gasteiger partial charge in [-0.05, 0) is 69.2 Å². The van der Waals surface area contributed by atoms with E-state index in [2.05, 4.69) is 32.2 Å². The van der Waals surface area contributed by atoms with Gasteiger partial charge in [0.2, 0.25) is 0 Å². The van der Waals surface area contributed by atoms with Crippen LogP contribution in [0, 0.1) is 11.3 Å². The SMILES string of the molecule is CC(C)(C)C1CCC(NCCC2=CCCC2)CC1. The van der Waals surface area contributed by atoms with E-state index in [-0.39, 0.29) is 0 Å². The van der Waals surface area contributed by atoms with Gasteiger partial charge in [0.1, 0.15) is 0 Å². The third-order valence-corrected chi connectivity index (χ3v) is 4.97. The van der Waals surface area contributed by atoms with Crippen molar-refractivity contribution in [1.29, 1.82) is 0 Å². The first-order chi connectivity index (χ1) is 8.55. The molecule has 0 heterocycles. The third-order valence-electron chi connectivity index (χ3n) is 4.97. The summed E-state index contributed by atoms with van der Waals surface area (Å²) in [5.41, 5.74) is 2.21. The van der Waals surface area contributed by atoms with Gasteiger partial charge >= 0.3 is 0 Å². The van der Waals surface area contributed by atoms with Gasteiger partial charge in [0.25, 0.3) is 0 Å². The van der Waals surface area contributed by atoms with Crippen molar-refractivity contribution in [2.24, 2.45) is 11.3 Å². The summed E-state index contributed by atoms with van der Waals surface area (Å²) in [5, 5.41) is 3.78. The molecule has 18 heavy (non-hydrogen) atoms. The Hall–Kier alpha value is -0.300. The summed E-state index contributed by atoms with van der Waals surface area (Å²) in [4.78, 5) is 0. The van der Waals surface area contributed by atoms with E-state index in [1.807, 2.05) is 0 Å². The molecule has 0 atom stereocenters. The van der Waals surface area contributed by atoms with Crippen LogP contribution in [0.25, 0.3) is 0 Å². The third kappa shape index (κ3) is 4.12. The average Bonchev–Trinajstić information content (AvgIpc) is 2.82. The molecule has 2 rings (SSSR count). The molecular weight excluding hydrogens is 218 g/mol. The number of nitrogens with one attached hydrogen (secondary N) is 1. The summed E-state index contributed by atoms with van der Waals surface area (Å²) >= 11 is 0. The Morgan fingerprint density at radius 3 is 2.44 bits per heavy atom. The van der Waals surface area contributed by atoms with E-state index in [1.54, 1.807) is 5.57 Å². The Labute approximate surface area is 113 Å². The van der Waals surface area contributed by atoms with Gasteiger partial charge in [-0.15, -0.1) is 0 Å². The molecule has 0 saturated heterocycles. The highest BCUT2D eigenvalue weighted by Gasteiger charge is 2.29. The van der Waals surface area contributed by atoms with Crippen molar-refractivity contribution >= 4 is 0 Å². The van der Waals surface area contributed by atoms with Crippen LogP contribution >= 0.6 is 0 Å². The maximum Gasteiger partial charge on any atom is 0.00674 e. The zero-order valence-electron chi connectivity index (χ0n) is 12.6. The molecule has 1 nitrogen and oxygen atoms in total. The van der Waals surface area contributed by atoms with Gasteiger partial charge in [0.15, 0.2) is 0 Å². The van der Waals surface area contributed by atoms with Crippen LogP contribution in [-0.4, -0.2) is 12.6 Å². The maximum absolute atomic E-state index is 3.78. The minimum absolute atomic E-state index is 0.514. The van der Waals surface area contributed by atoms with Gasteiger partial charge in [0.05, 0.1) is 0 Å². The van der Waals surface area contributed by atoms with Crippen LogP contribution in [-0.2, 0) is 0 Å². The molecule has 1 heteroatoms. The number of hydrogen-bond acceptors (Lipinski definition) is 1. The molecular formula is C17H31N. The van der Waals surface area contributed by atoms with Gasteiger partial charge in [-0.1, -0.05) is 32.4 Å². The van der Waals surface area contributed by atoms with Crippen LogP contribution in [0.3, 0.4) is 0 Å². The van der Waals surface area contributed by atoms with Crippen LogP contribution in [0.2, 0.25) is 0 Å². The van der Waals surface area contributed by atoms with Crippen LogP contribution in [0.15, 0.2) is 11.6 Å². The van der Waals surface area contributed by atoms with E-state index in [9.17, 15) is 0 Å². The van der Waals surface area contributed by atoms with Gasteiger partial charge in [0, 0.05) is 6.04 Å². The first-order valence-electron chi connectivity index (χ1n) is 7.97. The highest BCUT2D eigenvalue weighted by atomic mass is 14.9. The molecule has 0 aliphatic heterocycles. The minimum Gasteiger partial charge on any atom is -0.314 e. The maximum atomic E-state index is 3.78. The molecule has 0 aromatic carbocycles. The van der Waals surface area contributed by atoms with E-state index in [4.69, 9.17) is 0 Å². The predicted octanol–water partition coefficient (Wildman–Crippen LogP) is 4.68. The molecule has 1 saturated carbocycles. The normalized spacial score (nSPS) is 29.4. The second-order valence-corrected chi connectivity index (χ2v) is 7.37. The Kier molecular flexibility index (Phi) is 4.89. The van der Waals surface area contributed by atoms with Crippen molar-refractivity contribution in [3.8, 4) is 0 Å². The lowest BCUT2D eigenvalue weighted by atomic mass is 9.71. The molecule has 2 aliphatic carbocycles. The zero-order valence-corrected chi connectivity index (χ0v) is 12.6. The molecule has 2 aliphatic rings. The standard InChI is InChI=1S/C17H31N/c1-17(2,3)15-8-10-16(11-9-15)18-13-12-14-6-4-5-7-14/h6,15-16,18H,4-5,7-13H2,1-3H3. The molecule has 0 aromatic heterocycles. The highest BCUT2D eigenvalue weighted by molar-refractivity contribution is 5.07. The van der Waals surface area contributed by atoms with Crippen LogP contribution in [0.1, 0.15) is 72.1 Å². The Morgan fingerprint density at radius 2 is 1.89 bits per heavy atom. The Bertz CT molecular complexity index is 276. The lowest BCUT2D eigenvalue weighted by molar-refractivity contribution is 0.160. The van der Waals surface area contributed by atoms with E-state index in [1.165, 1.54) is 57.9 Å². The van der Waals surface area contributed by atoms with Crippen molar-refractivity contribution in [3.05, 3.63) is 11.6 Å². The van der Waals surface area contributed by atoms with E-state index < -0.39 is 0 Å². The lowest BCUT2D eigenvalue weighted by Gasteiger charge is -2.37. The monoisotopic (exact) mass is 249 g/mol. The molecule has 0 aromatic rings. The molecule has 0 radical (unpaired) electrons. The predicted molar refractivity (Wildman–Crippen MR) is 79.8 cm³/mol. The summed E-state index contributed by atoms with van der Waals surface area (Å²) in [6.07, 6.45) is 13.4. The fourth-order valence-corrected chi connectivity index (χ4v) is 3.56. The first-order valence-corrected chi connectivity index (χ1v) is 7.97. The van der Waals surface area contributed by atoms with Crippen molar-refractivity contribution < 1.29 is 0 Å². The topological polar surface area (TPSA) is 12.0 Å². The lowest BCUT2D eigenvalue weighted by Crippen LogP contribution is -2.36. The average molecular weight is 249 g/mol. The highest BCUT2D eigenvalue weighted by Crippen LogP contribution is 2.37. The van der Waals surface area contributed by atoms with Crippen molar-refractivity contribution in [3.63, 3.8) is 0 Å². The second-order valence-electron chi connectivity index (χ2n) is 7.37. The molecule has 0 spiro atoms. The first kappa shape index (κ1) is 14.1. The Balaban J connectivity index is 1.61. The second kappa shape index (κ2) is 6.23. The van der Waals surface area contributed by atoms with Gasteiger partial charge < -0.3 is 5.32 Å². The molecule has 1 fully saturated rings. The summed E-state index contributed by atoms with van der Waals surface area (Å²) < 4.78 is 0. The molecule has 0 amide bonds. The molecule has 104 valence electrons. The minimum atomic E-state index is 0.514. The molecule has 1 N–H and O–H groups in total. The zero-order chi connectivity index (χ0) is 13.0. The number of hydrogen-bond donors (Lipinski definition) is 1. The fraction of sp³-hybridized carbons (Fsp3) is 0.882. The summed E-state index contributed by atoms with van der Waals surface area (Å²) in [7, 11) is 0. The molecule has 0 bridgehead atoms. The van der Waals surface area contributed by atoms with E-state index >= 15 is 0 Å².